The summed E-state index contributed by atoms with van der Waals surface area (Å²) in [5, 5.41) is 9.01. The summed E-state index contributed by atoms with van der Waals surface area (Å²) in [6, 6.07) is 4.19. The van der Waals surface area contributed by atoms with Gasteiger partial charge < -0.3 is 5.73 Å². The lowest BCUT2D eigenvalue weighted by molar-refractivity contribution is 0.483. The van der Waals surface area contributed by atoms with Gasteiger partial charge in [-0.05, 0) is 23.1 Å². The summed E-state index contributed by atoms with van der Waals surface area (Å²) in [7, 11) is -4.35. The second-order valence-electron chi connectivity index (χ2n) is 4.77. The SMILES string of the molecule is CC(C)(C)c1c(N)cc(S(=O)(=O)O)cc1C#N. The molecular weight excluding hydrogens is 240 g/mol. The summed E-state index contributed by atoms with van der Waals surface area (Å²) in [5.74, 6) is 0. The lowest BCUT2D eigenvalue weighted by Crippen LogP contribution is -2.17. The van der Waals surface area contributed by atoms with Gasteiger partial charge >= 0.3 is 0 Å². The van der Waals surface area contributed by atoms with Crippen LogP contribution in [0.5, 0.6) is 0 Å². The molecule has 1 aromatic carbocycles. The van der Waals surface area contributed by atoms with E-state index < -0.39 is 10.1 Å². The summed E-state index contributed by atoms with van der Waals surface area (Å²) in [6.45, 7) is 5.60. The van der Waals surface area contributed by atoms with Crippen molar-refractivity contribution >= 4 is 15.8 Å². The molecule has 0 aliphatic carbocycles. The number of hydrogen-bond acceptors (Lipinski definition) is 4. The number of nitriles is 1. The van der Waals surface area contributed by atoms with E-state index >= 15 is 0 Å². The summed E-state index contributed by atoms with van der Waals surface area (Å²) < 4.78 is 30.9. The molecule has 0 saturated heterocycles. The van der Waals surface area contributed by atoms with Gasteiger partial charge in [0.05, 0.1) is 16.5 Å². The van der Waals surface area contributed by atoms with Gasteiger partial charge in [0.2, 0.25) is 0 Å². The molecule has 0 radical (unpaired) electrons. The lowest BCUT2D eigenvalue weighted by atomic mass is 9.83. The second-order valence-corrected chi connectivity index (χ2v) is 6.19. The van der Waals surface area contributed by atoms with Crippen LogP contribution in [0.1, 0.15) is 31.9 Å². The topological polar surface area (TPSA) is 104 Å². The molecule has 0 unspecified atom stereocenters. The maximum atomic E-state index is 11.0. The molecule has 1 aromatic rings. The van der Waals surface area contributed by atoms with Gasteiger partial charge in [0.1, 0.15) is 0 Å². The zero-order valence-corrected chi connectivity index (χ0v) is 10.7. The van der Waals surface area contributed by atoms with Gasteiger partial charge in [-0.15, -0.1) is 0 Å². The van der Waals surface area contributed by atoms with Gasteiger partial charge in [-0.3, -0.25) is 4.55 Å². The van der Waals surface area contributed by atoms with E-state index in [-0.39, 0.29) is 21.6 Å². The molecule has 0 aliphatic rings. The van der Waals surface area contributed by atoms with E-state index in [1.54, 1.807) is 0 Å². The van der Waals surface area contributed by atoms with Crippen molar-refractivity contribution in [1.29, 1.82) is 5.26 Å². The predicted octanol–water partition coefficient (Wildman–Crippen LogP) is 1.68. The average molecular weight is 254 g/mol. The number of hydrogen-bond donors (Lipinski definition) is 2. The molecule has 6 heteroatoms. The Morgan fingerprint density at radius 3 is 2.24 bits per heavy atom. The Morgan fingerprint density at radius 2 is 1.88 bits per heavy atom. The van der Waals surface area contributed by atoms with Gasteiger partial charge in [0.25, 0.3) is 10.1 Å². The van der Waals surface area contributed by atoms with Crippen LogP contribution in [0.25, 0.3) is 0 Å². The van der Waals surface area contributed by atoms with Gasteiger partial charge in [0, 0.05) is 5.69 Å². The van der Waals surface area contributed by atoms with Crippen molar-refractivity contribution in [2.45, 2.75) is 31.1 Å². The van der Waals surface area contributed by atoms with Gasteiger partial charge in [-0.1, -0.05) is 20.8 Å². The number of nitrogen functional groups attached to an aromatic ring is 1. The van der Waals surface area contributed by atoms with E-state index in [4.69, 9.17) is 15.5 Å². The first-order valence-electron chi connectivity index (χ1n) is 4.89. The zero-order chi connectivity index (χ0) is 13.4. The van der Waals surface area contributed by atoms with Crippen LogP contribution in [0.3, 0.4) is 0 Å². The van der Waals surface area contributed by atoms with Crippen molar-refractivity contribution in [3.8, 4) is 6.07 Å². The van der Waals surface area contributed by atoms with E-state index in [1.165, 1.54) is 0 Å². The first-order valence-corrected chi connectivity index (χ1v) is 6.33. The van der Waals surface area contributed by atoms with Gasteiger partial charge in [0.15, 0.2) is 0 Å². The largest absolute Gasteiger partial charge is 0.398 e. The van der Waals surface area contributed by atoms with Crippen molar-refractivity contribution in [3.05, 3.63) is 23.3 Å². The molecule has 1 rings (SSSR count). The quantitative estimate of drug-likeness (QED) is 0.586. The Kier molecular flexibility index (Phi) is 3.19. The molecule has 0 fully saturated rings. The summed E-state index contributed by atoms with van der Waals surface area (Å²) in [4.78, 5) is -0.362. The van der Waals surface area contributed by atoms with E-state index in [0.717, 1.165) is 12.1 Å². The molecule has 0 saturated carbocycles. The maximum absolute atomic E-state index is 11.0. The molecule has 0 amide bonds. The summed E-state index contributed by atoms with van der Waals surface area (Å²) in [5.41, 5.74) is 6.29. The number of benzene rings is 1. The number of rotatable bonds is 1. The zero-order valence-electron chi connectivity index (χ0n) is 9.85. The van der Waals surface area contributed by atoms with Crippen LogP contribution >= 0.6 is 0 Å². The highest BCUT2D eigenvalue weighted by Crippen LogP contribution is 2.32. The van der Waals surface area contributed by atoms with E-state index in [1.807, 2.05) is 26.8 Å². The third-order valence-corrected chi connectivity index (χ3v) is 3.14. The molecule has 17 heavy (non-hydrogen) atoms. The molecule has 0 atom stereocenters. The number of nitrogens with zero attached hydrogens (tertiary/aromatic N) is 1. The average Bonchev–Trinajstić information content (AvgIpc) is 2.12. The van der Waals surface area contributed by atoms with E-state index in [0.29, 0.717) is 5.56 Å². The fourth-order valence-corrected chi connectivity index (χ4v) is 2.25. The maximum Gasteiger partial charge on any atom is 0.294 e. The van der Waals surface area contributed by atoms with Crippen molar-refractivity contribution in [2.75, 3.05) is 5.73 Å². The first kappa shape index (κ1) is 13.5. The number of nitrogens with two attached hydrogens (primary N) is 1. The second kappa shape index (κ2) is 4.02. The molecule has 0 aromatic heterocycles. The highest BCUT2D eigenvalue weighted by molar-refractivity contribution is 7.85. The third-order valence-electron chi connectivity index (χ3n) is 2.31. The molecule has 0 bridgehead atoms. The Hall–Kier alpha value is -1.58. The Labute approximate surface area is 101 Å². The van der Waals surface area contributed by atoms with E-state index in [9.17, 15) is 8.42 Å². The Balaban J connectivity index is 3.66. The predicted molar refractivity (Wildman–Crippen MR) is 64.1 cm³/mol. The lowest BCUT2D eigenvalue weighted by Gasteiger charge is -2.23. The highest BCUT2D eigenvalue weighted by Gasteiger charge is 2.24. The molecule has 5 nitrogen and oxygen atoms in total. The molecule has 92 valence electrons. The van der Waals surface area contributed by atoms with Gasteiger partial charge in [-0.2, -0.15) is 13.7 Å². The normalized spacial score (nSPS) is 12.2. The Bertz CT molecular complexity index is 592. The first-order chi connectivity index (χ1) is 7.57. The standard InChI is InChI=1S/C11H14N2O3S/c1-11(2,3)10-7(6-12)4-8(5-9(10)13)17(14,15)16/h4-5H,13H2,1-3H3,(H,14,15,16). The monoisotopic (exact) mass is 254 g/mol. The fraction of sp³-hybridized carbons (Fsp3) is 0.364. The smallest absolute Gasteiger partial charge is 0.294 e. The van der Waals surface area contributed by atoms with Crippen molar-refractivity contribution < 1.29 is 13.0 Å². The molecule has 3 N–H and O–H groups in total. The number of anilines is 1. The molecule has 0 spiro atoms. The minimum Gasteiger partial charge on any atom is -0.398 e. The van der Waals surface area contributed by atoms with Crippen LogP contribution in [0.15, 0.2) is 17.0 Å². The molecule has 0 heterocycles. The minimum atomic E-state index is -4.35. The van der Waals surface area contributed by atoms with Crippen LogP contribution in [0, 0.1) is 11.3 Å². The van der Waals surface area contributed by atoms with Crippen LogP contribution in [-0.2, 0) is 15.5 Å². The molecular formula is C11H14N2O3S. The fourth-order valence-electron chi connectivity index (χ4n) is 1.71. The highest BCUT2D eigenvalue weighted by atomic mass is 32.2. The van der Waals surface area contributed by atoms with Crippen molar-refractivity contribution in [1.82, 2.24) is 0 Å². The van der Waals surface area contributed by atoms with Crippen molar-refractivity contribution in [3.63, 3.8) is 0 Å². The summed E-state index contributed by atoms with van der Waals surface area (Å²) >= 11 is 0. The van der Waals surface area contributed by atoms with Crippen LogP contribution in [0.4, 0.5) is 5.69 Å². The summed E-state index contributed by atoms with van der Waals surface area (Å²) in [6.07, 6.45) is 0. The van der Waals surface area contributed by atoms with E-state index in [2.05, 4.69) is 0 Å². The third kappa shape index (κ3) is 2.75. The Morgan fingerprint density at radius 1 is 1.35 bits per heavy atom. The minimum absolute atomic E-state index is 0.158. The van der Waals surface area contributed by atoms with Crippen LogP contribution in [0.2, 0.25) is 0 Å². The van der Waals surface area contributed by atoms with Crippen molar-refractivity contribution in [2.24, 2.45) is 0 Å². The van der Waals surface area contributed by atoms with Gasteiger partial charge in [-0.25, -0.2) is 0 Å². The van der Waals surface area contributed by atoms with Crippen LogP contribution in [-0.4, -0.2) is 13.0 Å². The van der Waals surface area contributed by atoms with Crippen LogP contribution < -0.4 is 5.73 Å². The molecule has 0 aliphatic heterocycles.